The van der Waals surface area contributed by atoms with Gasteiger partial charge in [-0.25, -0.2) is 4.79 Å². The van der Waals surface area contributed by atoms with Gasteiger partial charge in [-0.15, -0.1) is 0 Å². The van der Waals surface area contributed by atoms with E-state index >= 15 is 0 Å². The minimum Gasteiger partial charge on any atom is -0.492 e. The third-order valence-electron chi connectivity index (χ3n) is 7.60. The lowest BCUT2D eigenvalue weighted by molar-refractivity contribution is -0.166. The molecule has 2 heterocycles. The van der Waals surface area contributed by atoms with Crippen molar-refractivity contribution in [3.63, 3.8) is 0 Å². The number of hydrogen-bond acceptors (Lipinski definition) is 7. The van der Waals surface area contributed by atoms with Crippen molar-refractivity contribution in [1.82, 2.24) is 4.90 Å². The molecule has 3 aliphatic rings. The summed E-state index contributed by atoms with van der Waals surface area (Å²) < 4.78 is 29.8. The number of benzene rings is 1. The maximum Gasteiger partial charge on any atom is 0.331 e. The zero-order chi connectivity index (χ0) is 25.9. The Bertz CT molecular complexity index is 962. The van der Waals surface area contributed by atoms with Crippen LogP contribution in [0.5, 0.6) is 5.75 Å². The van der Waals surface area contributed by atoms with Crippen molar-refractivity contribution >= 4 is 12.0 Å². The molecule has 36 heavy (non-hydrogen) atoms. The molecule has 4 rings (SSSR count). The minimum absolute atomic E-state index is 0.0149. The van der Waals surface area contributed by atoms with Crippen molar-refractivity contribution in [3.8, 4) is 5.75 Å². The number of ether oxygens (including phenoxy) is 5. The standard InChI is InChI=1S/C29H41NO6/c1-20(2)7-13-24-28(3,36-24)27-26(32-6)23(15-16-29(27)19-34-29)35-25(31)14-10-21-8-11-22(12-9-21)33-18-17-30(4)5/h7-12,14,23-24,26-27H,13,15-19H2,1-6H3/t23-,24-,26-,27-,28+,29?/m1/s1. The van der Waals surface area contributed by atoms with Crippen LogP contribution in [-0.4, -0.2) is 81.3 Å². The molecule has 7 nitrogen and oxygen atoms in total. The second-order valence-corrected chi connectivity index (χ2v) is 10.9. The number of allylic oxidation sites excluding steroid dienone is 1. The first-order valence-electron chi connectivity index (χ1n) is 12.9. The largest absolute Gasteiger partial charge is 0.492 e. The molecule has 1 unspecified atom stereocenters. The number of carbonyl (C=O) groups excluding carboxylic acids is 1. The van der Waals surface area contributed by atoms with E-state index in [-0.39, 0.29) is 41.4 Å². The van der Waals surface area contributed by atoms with Crippen molar-refractivity contribution in [2.45, 2.75) is 69.5 Å². The molecule has 1 aliphatic carbocycles. The Kier molecular flexibility index (Phi) is 8.25. The highest BCUT2D eigenvalue weighted by Crippen LogP contribution is 2.59. The van der Waals surface area contributed by atoms with Gasteiger partial charge in [0.05, 0.1) is 18.6 Å². The van der Waals surface area contributed by atoms with Crippen molar-refractivity contribution in [2.24, 2.45) is 5.92 Å². The fourth-order valence-corrected chi connectivity index (χ4v) is 5.44. The molecular formula is C29H41NO6. The molecule has 1 aromatic carbocycles. The predicted octanol–water partition coefficient (Wildman–Crippen LogP) is 4.26. The Labute approximate surface area is 215 Å². The highest BCUT2D eigenvalue weighted by molar-refractivity contribution is 5.87. The van der Waals surface area contributed by atoms with Crippen LogP contribution in [0.15, 0.2) is 42.0 Å². The smallest absolute Gasteiger partial charge is 0.331 e. The number of hydrogen-bond donors (Lipinski definition) is 0. The molecule has 0 amide bonds. The Morgan fingerprint density at radius 2 is 1.94 bits per heavy atom. The van der Waals surface area contributed by atoms with Crippen molar-refractivity contribution in [2.75, 3.05) is 41.0 Å². The van der Waals surface area contributed by atoms with E-state index in [1.807, 2.05) is 38.4 Å². The van der Waals surface area contributed by atoms with Crippen LogP contribution in [0.1, 0.15) is 45.6 Å². The number of methoxy groups -OCH3 is 1. The van der Waals surface area contributed by atoms with Gasteiger partial charge in [-0.2, -0.15) is 0 Å². The van der Waals surface area contributed by atoms with Gasteiger partial charge in [0.2, 0.25) is 0 Å². The molecule has 2 aliphatic heterocycles. The SMILES string of the molecule is CO[C@@H]1[C@H](OC(=O)C=Cc2ccc(OCCN(C)C)cc2)CCC2(CO2)[C@H]1[C@@]1(C)O[C@@H]1CC=C(C)C. The van der Waals surface area contributed by atoms with Crippen LogP contribution in [0.3, 0.4) is 0 Å². The number of epoxide rings is 2. The number of carbonyl (C=O) groups is 1. The third kappa shape index (κ3) is 6.20. The van der Waals surface area contributed by atoms with Crippen LogP contribution in [0.2, 0.25) is 0 Å². The highest BCUT2D eigenvalue weighted by atomic mass is 16.6. The zero-order valence-corrected chi connectivity index (χ0v) is 22.5. The van der Waals surface area contributed by atoms with Gasteiger partial charge >= 0.3 is 5.97 Å². The maximum absolute atomic E-state index is 12.7. The lowest BCUT2D eigenvalue weighted by Crippen LogP contribution is -2.55. The normalized spacial score (nSPS) is 33.1. The number of esters is 1. The summed E-state index contributed by atoms with van der Waals surface area (Å²) >= 11 is 0. The summed E-state index contributed by atoms with van der Waals surface area (Å²) in [6, 6.07) is 7.67. The van der Waals surface area contributed by atoms with Gasteiger partial charge in [-0.1, -0.05) is 23.8 Å². The summed E-state index contributed by atoms with van der Waals surface area (Å²) in [6.07, 6.45) is 7.38. The molecule has 1 aromatic rings. The number of likely N-dealkylation sites (N-methyl/N-ethyl adjacent to an activating group) is 1. The molecule has 3 fully saturated rings. The Morgan fingerprint density at radius 1 is 1.22 bits per heavy atom. The van der Waals surface area contributed by atoms with Crippen molar-refractivity contribution in [1.29, 1.82) is 0 Å². The van der Waals surface area contributed by atoms with E-state index in [1.165, 1.54) is 11.6 Å². The molecule has 0 N–H and O–H groups in total. The van der Waals surface area contributed by atoms with E-state index in [4.69, 9.17) is 23.7 Å². The predicted molar refractivity (Wildman–Crippen MR) is 139 cm³/mol. The summed E-state index contributed by atoms with van der Waals surface area (Å²) in [5, 5.41) is 0. The lowest BCUT2D eigenvalue weighted by Gasteiger charge is -2.42. The average Bonchev–Trinajstić information content (AvgIpc) is 3.75. The van der Waals surface area contributed by atoms with Crippen LogP contribution >= 0.6 is 0 Å². The molecule has 0 radical (unpaired) electrons. The van der Waals surface area contributed by atoms with E-state index < -0.39 is 0 Å². The van der Waals surface area contributed by atoms with Gasteiger partial charge in [0.1, 0.15) is 35.8 Å². The van der Waals surface area contributed by atoms with Crippen LogP contribution in [0, 0.1) is 5.92 Å². The molecule has 1 saturated carbocycles. The van der Waals surface area contributed by atoms with E-state index in [0.717, 1.165) is 30.7 Å². The van der Waals surface area contributed by atoms with E-state index in [1.54, 1.807) is 13.2 Å². The first-order chi connectivity index (χ1) is 17.2. The van der Waals surface area contributed by atoms with Crippen LogP contribution < -0.4 is 4.74 Å². The van der Waals surface area contributed by atoms with Gasteiger partial charge in [-0.05, 0) is 77.9 Å². The third-order valence-corrected chi connectivity index (χ3v) is 7.60. The number of rotatable bonds is 11. The second kappa shape index (κ2) is 11.1. The van der Waals surface area contributed by atoms with Crippen LogP contribution in [0.4, 0.5) is 0 Å². The van der Waals surface area contributed by atoms with E-state index in [2.05, 4.69) is 31.7 Å². The van der Waals surface area contributed by atoms with Crippen molar-refractivity contribution in [3.05, 3.63) is 47.6 Å². The lowest BCUT2D eigenvalue weighted by atomic mass is 9.68. The first kappa shape index (κ1) is 26.9. The molecule has 1 spiro atoms. The van der Waals surface area contributed by atoms with Crippen molar-refractivity contribution < 1.29 is 28.5 Å². The molecule has 198 valence electrons. The summed E-state index contributed by atoms with van der Waals surface area (Å²) in [5.74, 6) is 0.450. The zero-order valence-electron chi connectivity index (χ0n) is 22.5. The van der Waals surface area contributed by atoms with Crippen LogP contribution in [-0.2, 0) is 23.7 Å². The fraction of sp³-hybridized carbons (Fsp3) is 0.621. The van der Waals surface area contributed by atoms with Gasteiger partial charge < -0.3 is 28.6 Å². The summed E-state index contributed by atoms with van der Waals surface area (Å²) in [6.45, 7) is 8.54. The molecule has 0 aromatic heterocycles. The van der Waals surface area contributed by atoms with E-state index in [9.17, 15) is 4.79 Å². The molecule has 2 saturated heterocycles. The van der Waals surface area contributed by atoms with Gasteiger partial charge in [-0.3, -0.25) is 0 Å². The Morgan fingerprint density at radius 3 is 2.56 bits per heavy atom. The van der Waals surface area contributed by atoms with Crippen LogP contribution in [0.25, 0.3) is 6.08 Å². The topological polar surface area (TPSA) is 73.1 Å². The van der Waals surface area contributed by atoms with Gasteiger partial charge in [0.15, 0.2) is 0 Å². The minimum atomic E-state index is -0.372. The van der Waals surface area contributed by atoms with Gasteiger partial charge in [0, 0.05) is 19.7 Å². The summed E-state index contributed by atoms with van der Waals surface area (Å²) in [4.78, 5) is 14.8. The van der Waals surface area contributed by atoms with Gasteiger partial charge in [0.25, 0.3) is 0 Å². The Hall–Kier alpha value is -2.19. The molecule has 7 heteroatoms. The molecule has 0 bridgehead atoms. The molecule has 6 atom stereocenters. The maximum atomic E-state index is 12.7. The first-order valence-corrected chi connectivity index (χ1v) is 12.9. The second-order valence-electron chi connectivity index (χ2n) is 10.9. The Balaban J connectivity index is 1.36. The quantitative estimate of drug-likeness (QED) is 0.195. The number of nitrogens with zero attached hydrogens (tertiary/aromatic N) is 1. The highest BCUT2D eigenvalue weighted by Gasteiger charge is 2.72. The fourth-order valence-electron chi connectivity index (χ4n) is 5.44. The monoisotopic (exact) mass is 499 g/mol. The van der Waals surface area contributed by atoms with E-state index in [0.29, 0.717) is 19.6 Å². The average molecular weight is 500 g/mol. The summed E-state index contributed by atoms with van der Waals surface area (Å²) in [5.41, 5.74) is 1.61. The summed E-state index contributed by atoms with van der Waals surface area (Å²) in [7, 11) is 5.72. The molecular weight excluding hydrogens is 458 g/mol.